The van der Waals surface area contributed by atoms with Crippen molar-refractivity contribution in [2.45, 2.75) is 6.42 Å². The van der Waals surface area contributed by atoms with E-state index in [0.717, 1.165) is 25.8 Å². The molecule has 0 unspecified atom stereocenters. The molecule has 0 bridgehead atoms. The highest BCUT2D eigenvalue weighted by atomic mass is 79.9. The van der Waals surface area contributed by atoms with Crippen LogP contribution in [0.3, 0.4) is 0 Å². The van der Waals surface area contributed by atoms with Crippen LogP contribution < -0.4 is 0 Å². The van der Waals surface area contributed by atoms with Crippen molar-refractivity contribution in [1.82, 2.24) is 4.98 Å². The van der Waals surface area contributed by atoms with Crippen molar-refractivity contribution >= 4 is 43.8 Å². The Morgan fingerprint density at radius 1 is 1.16 bits per heavy atom. The van der Waals surface area contributed by atoms with Gasteiger partial charge in [0.2, 0.25) is 0 Å². The lowest BCUT2D eigenvalue weighted by Gasteiger charge is -2.03. The second-order valence-electron chi connectivity index (χ2n) is 4.23. The van der Waals surface area contributed by atoms with E-state index in [1.165, 1.54) is 11.3 Å². The molecule has 3 aromatic rings. The molecule has 0 atom stereocenters. The van der Waals surface area contributed by atoms with Crippen molar-refractivity contribution in [3.63, 3.8) is 0 Å². The van der Waals surface area contributed by atoms with E-state index in [1.54, 1.807) is 6.20 Å². The number of benzene rings is 2. The monoisotopic (exact) mass is 331 g/mol. The zero-order chi connectivity index (χ0) is 13.2. The number of ketones is 1. The lowest BCUT2D eigenvalue weighted by atomic mass is 10.0. The van der Waals surface area contributed by atoms with Gasteiger partial charge in [0, 0.05) is 21.6 Å². The topological polar surface area (TPSA) is 30.0 Å². The zero-order valence-electron chi connectivity index (χ0n) is 9.97. The van der Waals surface area contributed by atoms with Gasteiger partial charge in [0.1, 0.15) is 5.01 Å². The number of rotatable bonds is 3. The maximum absolute atomic E-state index is 12.2. The molecule has 0 saturated heterocycles. The van der Waals surface area contributed by atoms with Crippen LogP contribution in [-0.4, -0.2) is 10.8 Å². The highest BCUT2D eigenvalue weighted by Gasteiger charge is 2.09. The first-order chi connectivity index (χ1) is 9.22. The molecule has 4 heteroatoms. The van der Waals surface area contributed by atoms with Crippen LogP contribution in [0.25, 0.3) is 10.8 Å². The lowest BCUT2D eigenvalue weighted by molar-refractivity contribution is 0.0993. The maximum atomic E-state index is 12.2. The molecular weight excluding hydrogens is 322 g/mol. The predicted octanol–water partition coefficient (Wildman–Crippen LogP) is 4.48. The van der Waals surface area contributed by atoms with Gasteiger partial charge in [0.15, 0.2) is 5.78 Å². The lowest BCUT2D eigenvalue weighted by Crippen LogP contribution is -2.02. The number of carbonyl (C=O) groups is 1. The normalized spacial score (nSPS) is 10.8. The molecule has 0 N–H and O–H groups in total. The Morgan fingerprint density at radius 3 is 2.74 bits per heavy atom. The van der Waals surface area contributed by atoms with Gasteiger partial charge in [0.05, 0.1) is 6.42 Å². The van der Waals surface area contributed by atoms with Gasteiger partial charge >= 0.3 is 0 Å². The summed E-state index contributed by atoms with van der Waals surface area (Å²) in [7, 11) is 0. The highest BCUT2D eigenvalue weighted by molar-refractivity contribution is 9.10. The van der Waals surface area contributed by atoms with Crippen LogP contribution in [-0.2, 0) is 6.42 Å². The van der Waals surface area contributed by atoms with E-state index in [2.05, 4.69) is 20.9 Å². The first-order valence-electron chi connectivity index (χ1n) is 5.83. The number of aromatic nitrogens is 1. The van der Waals surface area contributed by atoms with E-state index in [1.807, 2.05) is 41.8 Å². The molecule has 2 nitrogen and oxygen atoms in total. The molecule has 1 aromatic heterocycles. The van der Waals surface area contributed by atoms with Crippen LogP contribution in [0.2, 0.25) is 0 Å². The standard InChI is InChI=1S/C15H10BrNOS/c16-13-4-3-10-7-12(2-1-11(10)8-13)14(18)9-15-17-5-6-19-15/h1-8H,9H2. The highest BCUT2D eigenvalue weighted by Crippen LogP contribution is 2.21. The number of thiazole rings is 1. The smallest absolute Gasteiger partial charge is 0.169 e. The predicted molar refractivity (Wildman–Crippen MR) is 81.8 cm³/mol. The number of carbonyl (C=O) groups excluding carboxylic acids is 1. The summed E-state index contributed by atoms with van der Waals surface area (Å²) >= 11 is 4.96. The summed E-state index contributed by atoms with van der Waals surface area (Å²) < 4.78 is 1.04. The molecule has 3 rings (SSSR count). The van der Waals surface area contributed by atoms with E-state index in [9.17, 15) is 4.79 Å². The third kappa shape index (κ3) is 2.74. The summed E-state index contributed by atoms with van der Waals surface area (Å²) in [4.78, 5) is 16.3. The first kappa shape index (κ1) is 12.5. The van der Waals surface area contributed by atoms with E-state index in [0.29, 0.717) is 6.42 Å². The van der Waals surface area contributed by atoms with Gasteiger partial charge in [-0.1, -0.05) is 34.1 Å². The number of hydrogen-bond donors (Lipinski definition) is 0. The largest absolute Gasteiger partial charge is 0.294 e. The Morgan fingerprint density at radius 2 is 1.95 bits per heavy atom. The third-order valence-corrected chi connectivity index (χ3v) is 4.19. The minimum absolute atomic E-state index is 0.111. The molecule has 0 spiro atoms. The summed E-state index contributed by atoms with van der Waals surface area (Å²) in [5.41, 5.74) is 0.741. The second kappa shape index (κ2) is 5.23. The number of halogens is 1. The summed E-state index contributed by atoms with van der Waals surface area (Å²) in [6.45, 7) is 0. The average molecular weight is 332 g/mol. The fourth-order valence-corrected chi connectivity index (χ4v) is 2.96. The number of hydrogen-bond acceptors (Lipinski definition) is 3. The van der Waals surface area contributed by atoms with Gasteiger partial charge < -0.3 is 0 Å². The van der Waals surface area contributed by atoms with E-state index in [4.69, 9.17) is 0 Å². The molecule has 0 fully saturated rings. The van der Waals surface area contributed by atoms with Gasteiger partial charge in [-0.25, -0.2) is 4.98 Å². The molecule has 0 aliphatic rings. The van der Waals surface area contributed by atoms with Gasteiger partial charge in [-0.15, -0.1) is 11.3 Å². The zero-order valence-corrected chi connectivity index (χ0v) is 12.4. The Hall–Kier alpha value is -1.52. The molecule has 94 valence electrons. The molecule has 0 aliphatic heterocycles. The molecule has 0 amide bonds. The Kier molecular flexibility index (Phi) is 3.44. The van der Waals surface area contributed by atoms with Crippen LogP contribution in [0.15, 0.2) is 52.4 Å². The fourth-order valence-electron chi connectivity index (χ4n) is 1.97. The van der Waals surface area contributed by atoms with Crippen molar-refractivity contribution in [2.24, 2.45) is 0 Å². The fraction of sp³-hybridized carbons (Fsp3) is 0.0667. The Bertz CT molecular complexity index is 737. The quantitative estimate of drug-likeness (QED) is 0.662. The Balaban J connectivity index is 1.92. The van der Waals surface area contributed by atoms with Crippen molar-refractivity contribution in [3.05, 3.63) is 63.0 Å². The van der Waals surface area contributed by atoms with Crippen molar-refractivity contribution in [2.75, 3.05) is 0 Å². The summed E-state index contributed by atoms with van der Waals surface area (Å²) in [5.74, 6) is 0.111. The van der Waals surface area contributed by atoms with E-state index in [-0.39, 0.29) is 5.78 Å². The summed E-state index contributed by atoms with van der Waals surface area (Å²) in [6.07, 6.45) is 2.10. The minimum Gasteiger partial charge on any atom is -0.294 e. The molecule has 0 saturated carbocycles. The van der Waals surface area contributed by atoms with Crippen molar-refractivity contribution < 1.29 is 4.79 Å². The second-order valence-corrected chi connectivity index (χ2v) is 6.13. The SMILES string of the molecule is O=C(Cc1nccs1)c1ccc2cc(Br)ccc2c1. The number of nitrogens with zero attached hydrogens (tertiary/aromatic N) is 1. The molecule has 1 heterocycles. The van der Waals surface area contributed by atoms with Crippen LogP contribution in [0.5, 0.6) is 0 Å². The van der Waals surface area contributed by atoms with E-state index >= 15 is 0 Å². The molecular formula is C15H10BrNOS. The Labute approximate surface area is 123 Å². The van der Waals surface area contributed by atoms with Crippen LogP contribution in [0.1, 0.15) is 15.4 Å². The summed E-state index contributed by atoms with van der Waals surface area (Å²) in [5, 5.41) is 4.95. The van der Waals surface area contributed by atoms with Gasteiger partial charge in [0.25, 0.3) is 0 Å². The molecule has 0 aliphatic carbocycles. The average Bonchev–Trinajstić information content (AvgIpc) is 2.91. The van der Waals surface area contributed by atoms with Crippen molar-refractivity contribution in [1.29, 1.82) is 0 Å². The van der Waals surface area contributed by atoms with E-state index < -0.39 is 0 Å². The van der Waals surface area contributed by atoms with Gasteiger partial charge in [-0.2, -0.15) is 0 Å². The van der Waals surface area contributed by atoms with Crippen LogP contribution >= 0.6 is 27.3 Å². The van der Waals surface area contributed by atoms with Crippen LogP contribution in [0.4, 0.5) is 0 Å². The number of Topliss-reactive ketones (excluding diaryl/α,β-unsaturated/α-hetero) is 1. The summed E-state index contributed by atoms with van der Waals surface area (Å²) in [6, 6.07) is 11.8. The maximum Gasteiger partial charge on any atom is 0.169 e. The third-order valence-electron chi connectivity index (χ3n) is 2.92. The molecule has 2 aromatic carbocycles. The van der Waals surface area contributed by atoms with Gasteiger partial charge in [-0.05, 0) is 29.0 Å². The van der Waals surface area contributed by atoms with Crippen LogP contribution in [0, 0.1) is 0 Å². The molecule has 0 radical (unpaired) electrons. The number of fused-ring (bicyclic) bond motifs is 1. The van der Waals surface area contributed by atoms with Crippen molar-refractivity contribution in [3.8, 4) is 0 Å². The van der Waals surface area contributed by atoms with Gasteiger partial charge in [-0.3, -0.25) is 4.79 Å². The first-order valence-corrected chi connectivity index (χ1v) is 7.50. The minimum atomic E-state index is 0.111. The molecule has 19 heavy (non-hydrogen) atoms.